The molecule has 0 bridgehead atoms. The second kappa shape index (κ2) is 15.1. The van der Waals surface area contributed by atoms with Gasteiger partial charge in [-0.15, -0.1) is 0 Å². The molecule has 1 nitrogen and oxygen atoms in total. The molecule has 5 aromatic carbocycles. The summed E-state index contributed by atoms with van der Waals surface area (Å²) in [5, 5.41) is 0.153. The first-order chi connectivity index (χ1) is 24.7. The van der Waals surface area contributed by atoms with E-state index in [0.29, 0.717) is 29.5 Å². The lowest BCUT2D eigenvalue weighted by Gasteiger charge is -2.29. The van der Waals surface area contributed by atoms with Crippen molar-refractivity contribution in [1.29, 1.82) is 0 Å². The van der Waals surface area contributed by atoms with Crippen LogP contribution in [0.5, 0.6) is 5.75 Å². The fourth-order valence-electron chi connectivity index (χ4n) is 7.16. The molecule has 0 N–H and O–H groups in total. The van der Waals surface area contributed by atoms with Gasteiger partial charge in [-0.3, -0.25) is 0 Å². The van der Waals surface area contributed by atoms with Crippen molar-refractivity contribution in [2.45, 2.75) is 82.9 Å². The molecule has 0 unspecified atom stereocenters. The molecule has 52 heavy (non-hydrogen) atoms. The minimum absolute atomic E-state index is 0.210. The van der Waals surface area contributed by atoms with Crippen LogP contribution in [-0.4, -0.2) is 6.18 Å². The fourth-order valence-corrected chi connectivity index (χ4v) is 7.16. The summed E-state index contributed by atoms with van der Waals surface area (Å²) in [5.74, 6) is -2.80. The number of hydrogen-bond acceptors (Lipinski definition) is 1. The molecule has 0 radical (unpaired) electrons. The van der Waals surface area contributed by atoms with Crippen molar-refractivity contribution in [3.63, 3.8) is 0 Å². The number of halogens is 9. The summed E-state index contributed by atoms with van der Waals surface area (Å²) < 4.78 is 133. The molecule has 272 valence electrons. The number of alkyl halides is 5. The van der Waals surface area contributed by atoms with E-state index in [1.54, 1.807) is 6.07 Å². The first kappa shape index (κ1) is 37.1. The van der Waals surface area contributed by atoms with Gasteiger partial charge in [0.15, 0.2) is 5.82 Å². The van der Waals surface area contributed by atoms with Gasteiger partial charge in [-0.1, -0.05) is 69.2 Å². The van der Waals surface area contributed by atoms with E-state index in [1.807, 2.05) is 12.1 Å². The molecule has 0 atom stereocenters. The Morgan fingerprint density at radius 3 is 2.13 bits per heavy atom. The van der Waals surface area contributed by atoms with E-state index in [9.17, 15) is 22.0 Å². The molecule has 1 aliphatic carbocycles. The van der Waals surface area contributed by atoms with Crippen LogP contribution in [0.15, 0.2) is 72.8 Å². The number of fused-ring (bicyclic) bond motifs is 2. The second-order valence-corrected chi connectivity index (χ2v) is 13.5. The van der Waals surface area contributed by atoms with E-state index in [2.05, 4.69) is 13.0 Å². The maximum atomic E-state index is 15.4. The van der Waals surface area contributed by atoms with Crippen LogP contribution in [0.3, 0.4) is 0 Å². The van der Waals surface area contributed by atoms with Crippen molar-refractivity contribution >= 4 is 21.5 Å². The van der Waals surface area contributed by atoms with Crippen molar-refractivity contribution in [3.05, 3.63) is 113 Å². The second-order valence-electron chi connectivity index (χ2n) is 13.5. The van der Waals surface area contributed by atoms with Gasteiger partial charge < -0.3 is 4.74 Å². The Bertz CT molecular complexity index is 2150. The van der Waals surface area contributed by atoms with Crippen LogP contribution in [0.4, 0.5) is 39.5 Å². The minimum Gasteiger partial charge on any atom is -0.429 e. The summed E-state index contributed by atoms with van der Waals surface area (Å²) in [5.41, 5.74) is -1.04. The zero-order valence-electron chi connectivity index (χ0n) is 28.3. The Morgan fingerprint density at radius 2 is 1.42 bits per heavy atom. The highest BCUT2D eigenvalue weighted by Crippen LogP contribution is 2.40. The van der Waals surface area contributed by atoms with Crippen LogP contribution in [0, 0.1) is 41.0 Å². The molecule has 6 rings (SSSR count). The Labute approximate surface area is 295 Å². The molecule has 5 aromatic rings. The molecule has 1 aliphatic rings. The summed E-state index contributed by atoms with van der Waals surface area (Å²) in [6, 6.07) is 15.1. The Kier molecular flexibility index (Phi) is 10.8. The molecular weight excluding hydrogens is 691 g/mol. The molecule has 0 spiro atoms. The maximum Gasteiger partial charge on any atom is 0.458 e. The Hall–Kier alpha value is -4.65. The molecule has 1 saturated carbocycles. The highest BCUT2D eigenvalue weighted by atomic mass is 19.4. The Morgan fingerprint density at radius 1 is 0.692 bits per heavy atom. The van der Waals surface area contributed by atoms with Crippen molar-refractivity contribution in [2.75, 3.05) is 0 Å². The van der Waals surface area contributed by atoms with Crippen molar-refractivity contribution in [3.8, 4) is 28.7 Å². The smallest absolute Gasteiger partial charge is 0.429 e. The quantitative estimate of drug-likeness (QED) is 0.0791. The van der Waals surface area contributed by atoms with E-state index in [1.165, 1.54) is 68.6 Å². The highest BCUT2D eigenvalue weighted by Gasteiger charge is 2.35. The van der Waals surface area contributed by atoms with E-state index < -0.39 is 63.2 Å². The van der Waals surface area contributed by atoms with Crippen molar-refractivity contribution in [2.24, 2.45) is 5.92 Å². The molecule has 0 saturated heterocycles. The summed E-state index contributed by atoms with van der Waals surface area (Å²) in [6.07, 6.45) is 2.11. The van der Waals surface area contributed by atoms with Gasteiger partial charge in [-0.2, -0.15) is 22.0 Å². The molecule has 0 amide bonds. The molecule has 0 heterocycles. The first-order valence-electron chi connectivity index (χ1n) is 17.3. The normalized spacial score (nSPS) is 16.6. The molecule has 0 aliphatic heterocycles. The summed E-state index contributed by atoms with van der Waals surface area (Å²) >= 11 is 0. The van der Waals surface area contributed by atoms with Gasteiger partial charge in [-0.25, -0.2) is 17.6 Å². The van der Waals surface area contributed by atoms with Crippen molar-refractivity contribution < 1.29 is 44.3 Å². The van der Waals surface area contributed by atoms with E-state index >= 15 is 17.6 Å². The predicted molar refractivity (Wildman–Crippen MR) is 184 cm³/mol. The first-order valence-corrected chi connectivity index (χ1v) is 17.3. The largest absolute Gasteiger partial charge is 0.458 e. The number of benzene rings is 5. The maximum absolute atomic E-state index is 15.4. The highest BCUT2D eigenvalue weighted by molar-refractivity contribution is 5.90. The topological polar surface area (TPSA) is 9.23 Å². The van der Waals surface area contributed by atoms with Gasteiger partial charge in [0.2, 0.25) is 0 Å². The van der Waals surface area contributed by atoms with Crippen LogP contribution in [0.1, 0.15) is 87.3 Å². The zero-order chi connectivity index (χ0) is 37.2. The van der Waals surface area contributed by atoms with Gasteiger partial charge in [0.05, 0.1) is 16.5 Å². The number of hydrogen-bond donors (Lipinski definition) is 0. The molecule has 0 aromatic heterocycles. The number of rotatable bonds is 10. The third-order valence-corrected chi connectivity index (χ3v) is 9.89. The third-order valence-electron chi connectivity index (χ3n) is 9.89. The summed E-state index contributed by atoms with van der Waals surface area (Å²) in [6.45, 7) is 2.21. The van der Waals surface area contributed by atoms with Gasteiger partial charge in [0.1, 0.15) is 23.2 Å². The van der Waals surface area contributed by atoms with Gasteiger partial charge in [0.25, 0.3) is 0 Å². The fraction of sp³-hybridized carbons (Fsp3) is 0.333. The standard InChI is InChI=1S/C42H35F9O/c1-2-3-4-5-6-25-7-9-26(10-8-25)27-11-12-29-21-32(14-13-28(29)19-27)42(50,51)52-33-15-16-34(37(44)24-33)30-20-31-23-36(43)35(17-18-41(47,48)49)40(46)39(31)38(45)22-30/h11-16,19-26H,2-10H2,1H3. The summed E-state index contributed by atoms with van der Waals surface area (Å²) in [7, 11) is 0. The Balaban J connectivity index is 1.16. The van der Waals surface area contributed by atoms with Gasteiger partial charge in [-0.05, 0) is 107 Å². The summed E-state index contributed by atoms with van der Waals surface area (Å²) in [4.78, 5) is 0. The monoisotopic (exact) mass is 726 g/mol. The lowest BCUT2D eigenvalue weighted by Crippen LogP contribution is -2.22. The van der Waals surface area contributed by atoms with Crippen LogP contribution in [-0.2, 0) is 6.11 Å². The lowest BCUT2D eigenvalue weighted by atomic mass is 9.76. The third kappa shape index (κ3) is 8.35. The van der Waals surface area contributed by atoms with Gasteiger partial charge in [0, 0.05) is 17.6 Å². The van der Waals surface area contributed by atoms with Crippen LogP contribution in [0.2, 0.25) is 0 Å². The van der Waals surface area contributed by atoms with Crippen molar-refractivity contribution in [1.82, 2.24) is 0 Å². The van der Waals surface area contributed by atoms with E-state index in [4.69, 9.17) is 4.74 Å². The minimum atomic E-state index is -5.04. The lowest BCUT2D eigenvalue weighted by molar-refractivity contribution is -0.185. The average molecular weight is 727 g/mol. The van der Waals surface area contributed by atoms with Gasteiger partial charge >= 0.3 is 12.3 Å². The zero-order valence-corrected chi connectivity index (χ0v) is 28.3. The van der Waals surface area contributed by atoms with Crippen LogP contribution < -0.4 is 4.74 Å². The SMILES string of the molecule is CCCCCCC1CCC(c2ccc3cc(C(F)(F)Oc4ccc(-c5cc(F)c6c(F)c(C#CC(F)(F)F)c(F)cc6c5)c(F)c4)ccc3c2)CC1. The van der Waals surface area contributed by atoms with E-state index in [-0.39, 0.29) is 11.1 Å². The van der Waals surface area contributed by atoms with E-state index in [0.717, 1.165) is 48.3 Å². The van der Waals surface area contributed by atoms with Crippen LogP contribution >= 0.6 is 0 Å². The molecular formula is C42H35F9O. The number of ether oxygens (including phenoxy) is 1. The van der Waals surface area contributed by atoms with Crippen LogP contribution in [0.25, 0.3) is 32.7 Å². The molecule has 1 fully saturated rings. The number of unbranched alkanes of at least 4 members (excludes halogenated alkanes) is 3. The predicted octanol–water partition coefficient (Wildman–Crippen LogP) is 13.5. The molecule has 10 heteroatoms. The average Bonchev–Trinajstić information content (AvgIpc) is 3.09.